The van der Waals surface area contributed by atoms with Gasteiger partial charge in [-0.15, -0.1) is 0 Å². The molecule has 0 aliphatic carbocycles. The Morgan fingerprint density at radius 2 is 2.00 bits per heavy atom. The van der Waals surface area contributed by atoms with Crippen molar-refractivity contribution in [1.82, 2.24) is 9.80 Å². The summed E-state index contributed by atoms with van der Waals surface area (Å²) in [5.74, 6) is 0.930. The highest BCUT2D eigenvalue weighted by Gasteiger charge is 2.50. The summed E-state index contributed by atoms with van der Waals surface area (Å²) in [5, 5.41) is 0. The summed E-state index contributed by atoms with van der Waals surface area (Å²) in [7, 11) is 2.27. The van der Waals surface area contributed by atoms with E-state index in [-0.39, 0.29) is 0 Å². The van der Waals surface area contributed by atoms with Crippen LogP contribution in [0.3, 0.4) is 0 Å². The van der Waals surface area contributed by atoms with Crippen molar-refractivity contribution in [2.24, 2.45) is 11.3 Å². The van der Waals surface area contributed by atoms with Crippen molar-refractivity contribution in [1.29, 1.82) is 0 Å². The van der Waals surface area contributed by atoms with Crippen molar-refractivity contribution in [3.63, 3.8) is 0 Å². The molecule has 2 rings (SSSR count). The molecule has 2 saturated heterocycles. The maximum absolute atomic E-state index is 2.67. The summed E-state index contributed by atoms with van der Waals surface area (Å²) < 4.78 is 0. The minimum Gasteiger partial charge on any atom is -0.305 e. The number of nitrogens with zero attached hydrogens (tertiary/aromatic N) is 2. The SMILES string of the molecule is CC[C@]12CN(C)C[C@H]1CN(C(C)C)C2. The second-order valence-electron chi connectivity index (χ2n) is 5.63. The predicted octanol–water partition coefficient (Wildman–Crippen LogP) is 1.67. The topological polar surface area (TPSA) is 6.48 Å². The van der Waals surface area contributed by atoms with E-state index in [1.54, 1.807) is 0 Å². The third-order valence-electron chi connectivity index (χ3n) is 4.39. The van der Waals surface area contributed by atoms with Crippen LogP contribution in [-0.2, 0) is 0 Å². The van der Waals surface area contributed by atoms with Gasteiger partial charge in [0.1, 0.15) is 0 Å². The van der Waals surface area contributed by atoms with Crippen LogP contribution in [0.4, 0.5) is 0 Å². The molecule has 2 atom stereocenters. The Balaban J connectivity index is 2.10. The van der Waals surface area contributed by atoms with Crippen molar-refractivity contribution < 1.29 is 0 Å². The fourth-order valence-electron chi connectivity index (χ4n) is 3.39. The summed E-state index contributed by atoms with van der Waals surface area (Å²) >= 11 is 0. The zero-order valence-electron chi connectivity index (χ0n) is 10.1. The average molecular weight is 196 g/mol. The first-order chi connectivity index (χ1) is 6.57. The number of likely N-dealkylation sites (tertiary alicyclic amines) is 2. The van der Waals surface area contributed by atoms with Gasteiger partial charge >= 0.3 is 0 Å². The van der Waals surface area contributed by atoms with Gasteiger partial charge in [-0.05, 0) is 33.2 Å². The van der Waals surface area contributed by atoms with E-state index in [1.165, 1.54) is 32.6 Å². The Kier molecular flexibility index (Phi) is 2.61. The highest BCUT2D eigenvalue weighted by molar-refractivity contribution is 5.03. The van der Waals surface area contributed by atoms with E-state index < -0.39 is 0 Å². The second-order valence-corrected chi connectivity index (χ2v) is 5.63. The summed E-state index contributed by atoms with van der Waals surface area (Å²) in [4.78, 5) is 5.19. The lowest BCUT2D eigenvalue weighted by Crippen LogP contribution is -2.35. The molecule has 0 N–H and O–H groups in total. The summed E-state index contributed by atoms with van der Waals surface area (Å²) in [6.45, 7) is 12.3. The number of fused-ring (bicyclic) bond motifs is 1. The normalized spacial score (nSPS) is 39.6. The van der Waals surface area contributed by atoms with E-state index >= 15 is 0 Å². The number of rotatable bonds is 2. The molecule has 0 radical (unpaired) electrons. The molecule has 0 spiro atoms. The molecule has 2 aliphatic rings. The van der Waals surface area contributed by atoms with Crippen LogP contribution >= 0.6 is 0 Å². The van der Waals surface area contributed by atoms with Gasteiger partial charge in [-0.3, -0.25) is 4.90 Å². The molecule has 2 heteroatoms. The molecule has 2 heterocycles. The molecule has 2 aliphatic heterocycles. The molecule has 2 fully saturated rings. The Morgan fingerprint density at radius 3 is 2.50 bits per heavy atom. The molecule has 82 valence electrons. The second kappa shape index (κ2) is 3.49. The molecule has 0 saturated carbocycles. The maximum atomic E-state index is 2.67. The highest BCUT2D eigenvalue weighted by Crippen LogP contribution is 2.44. The van der Waals surface area contributed by atoms with E-state index in [0.29, 0.717) is 5.41 Å². The smallest absolute Gasteiger partial charge is 0.00566 e. The van der Waals surface area contributed by atoms with Crippen LogP contribution in [0.2, 0.25) is 0 Å². The van der Waals surface area contributed by atoms with Crippen LogP contribution in [-0.4, -0.2) is 49.1 Å². The highest BCUT2D eigenvalue weighted by atomic mass is 15.3. The van der Waals surface area contributed by atoms with Crippen LogP contribution in [0.5, 0.6) is 0 Å². The molecule has 0 aromatic carbocycles. The van der Waals surface area contributed by atoms with E-state index in [4.69, 9.17) is 0 Å². The molecule has 14 heavy (non-hydrogen) atoms. The summed E-state index contributed by atoms with van der Waals surface area (Å²) in [6, 6.07) is 0.731. The van der Waals surface area contributed by atoms with E-state index in [1.807, 2.05) is 0 Å². The molecular formula is C12H24N2. The first-order valence-electron chi connectivity index (χ1n) is 6.00. The number of hydrogen-bond donors (Lipinski definition) is 0. The van der Waals surface area contributed by atoms with Gasteiger partial charge in [-0.25, -0.2) is 0 Å². The summed E-state index contributed by atoms with van der Waals surface area (Å²) in [5.41, 5.74) is 0.624. The largest absolute Gasteiger partial charge is 0.305 e. The van der Waals surface area contributed by atoms with E-state index in [2.05, 4.69) is 37.6 Å². The van der Waals surface area contributed by atoms with Crippen LogP contribution in [0.15, 0.2) is 0 Å². The van der Waals surface area contributed by atoms with Crippen molar-refractivity contribution in [2.75, 3.05) is 33.2 Å². The van der Waals surface area contributed by atoms with Crippen molar-refractivity contribution >= 4 is 0 Å². The fraction of sp³-hybridized carbons (Fsp3) is 1.00. The Bertz CT molecular complexity index is 214. The predicted molar refractivity (Wildman–Crippen MR) is 60.4 cm³/mol. The van der Waals surface area contributed by atoms with Crippen LogP contribution in [0, 0.1) is 11.3 Å². The van der Waals surface area contributed by atoms with Gasteiger partial charge in [-0.2, -0.15) is 0 Å². The van der Waals surface area contributed by atoms with E-state index in [0.717, 1.165) is 12.0 Å². The molecule has 0 amide bonds. The third kappa shape index (κ3) is 1.49. The minimum absolute atomic E-state index is 0.624. The van der Waals surface area contributed by atoms with Gasteiger partial charge in [0, 0.05) is 37.6 Å². The lowest BCUT2D eigenvalue weighted by Gasteiger charge is -2.28. The Morgan fingerprint density at radius 1 is 1.29 bits per heavy atom. The molecule has 0 bridgehead atoms. The Labute approximate surface area is 88.3 Å². The van der Waals surface area contributed by atoms with Crippen molar-refractivity contribution in [2.45, 2.75) is 33.2 Å². The van der Waals surface area contributed by atoms with Gasteiger partial charge in [0.15, 0.2) is 0 Å². The first kappa shape index (κ1) is 10.4. The lowest BCUT2D eigenvalue weighted by molar-refractivity contribution is 0.196. The van der Waals surface area contributed by atoms with Gasteiger partial charge in [0.05, 0.1) is 0 Å². The zero-order chi connectivity index (χ0) is 10.3. The Hall–Kier alpha value is -0.0800. The van der Waals surface area contributed by atoms with Crippen LogP contribution in [0.25, 0.3) is 0 Å². The number of hydrogen-bond acceptors (Lipinski definition) is 2. The van der Waals surface area contributed by atoms with Gasteiger partial charge < -0.3 is 4.90 Å². The molecular weight excluding hydrogens is 172 g/mol. The zero-order valence-corrected chi connectivity index (χ0v) is 10.1. The monoisotopic (exact) mass is 196 g/mol. The van der Waals surface area contributed by atoms with Gasteiger partial charge in [0.25, 0.3) is 0 Å². The first-order valence-corrected chi connectivity index (χ1v) is 6.00. The van der Waals surface area contributed by atoms with Crippen molar-refractivity contribution in [3.8, 4) is 0 Å². The molecule has 2 nitrogen and oxygen atoms in total. The van der Waals surface area contributed by atoms with Gasteiger partial charge in [-0.1, -0.05) is 6.92 Å². The third-order valence-corrected chi connectivity index (χ3v) is 4.39. The summed E-state index contributed by atoms with van der Waals surface area (Å²) in [6.07, 6.45) is 1.35. The lowest BCUT2D eigenvalue weighted by atomic mass is 9.79. The van der Waals surface area contributed by atoms with Crippen molar-refractivity contribution in [3.05, 3.63) is 0 Å². The van der Waals surface area contributed by atoms with E-state index in [9.17, 15) is 0 Å². The van der Waals surface area contributed by atoms with Gasteiger partial charge in [0.2, 0.25) is 0 Å². The minimum atomic E-state index is 0.624. The molecule has 0 unspecified atom stereocenters. The maximum Gasteiger partial charge on any atom is 0.00566 e. The van der Waals surface area contributed by atoms with Crippen LogP contribution < -0.4 is 0 Å². The molecule has 0 aromatic rings. The van der Waals surface area contributed by atoms with Crippen LogP contribution in [0.1, 0.15) is 27.2 Å². The average Bonchev–Trinajstić information content (AvgIpc) is 2.57. The quantitative estimate of drug-likeness (QED) is 0.663. The molecule has 0 aromatic heterocycles. The standard InChI is InChI=1S/C12H24N2/c1-5-12-8-13(4)6-11(12)7-14(9-12)10(2)3/h10-11H,5-9H2,1-4H3/t11-,12+/m0/s1. The fourth-order valence-corrected chi connectivity index (χ4v) is 3.39.